The third kappa shape index (κ3) is 9.19. The van der Waals surface area contributed by atoms with Gasteiger partial charge in [-0.15, -0.1) is 10.2 Å². The van der Waals surface area contributed by atoms with E-state index in [1.807, 2.05) is 66.9 Å². The number of nitrogens with one attached hydrogen (secondary N) is 2. The number of rotatable bonds is 11. The maximum Gasteiger partial charge on any atom is 0.490 e. The maximum atomic E-state index is 13.2. The van der Waals surface area contributed by atoms with E-state index in [-0.39, 0.29) is 5.91 Å². The largest absolute Gasteiger partial charge is 0.496 e. The van der Waals surface area contributed by atoms with E-state index >= 15 is 0 Å². The molecule has 0 unspecified atom stereocenters. The van der Waals surface area contributed by atoms with Crippen LogP contribution < -0.4 is 15.8 Å². The van der Waals surface area contributed by atoms with Crippen molar-refractivity contribution in [2.45, 2.75) is 57.4 Å². The van der Waals surface area contributed by atoms with Crippen molar-refractivity contribution in [3.8, 4) is 5.75 Å². The summed E-state index contributed by atoms with van der Waals surface area (Å²) in [4.78, 5) is 25.4. The SMILES string of the molecule is COc1ccccc1Cn1c(CCc2ccccc2)nnc1[C@@H](Cc1c[nH]c2ccccc12)NC(=O)C(C)(C)N.O=C(O)C(F)(F)F. The molecule has 0 spiro atoms. The van der Waals surface area contributed by atoms with Crippen molar-refractivity contribution >= 4 is 22.8 Å². The van der Waals surface area contributed by atoms with E-state index < -0.39 is 23.7 Å². The first-order valence-corrected chi connectivity index (χ1v) is 14.8. The lowest BCUT2D eigenvalue weighted by Crippen LogP contribution is -2.50. The topological polar surface area (TPSA) is 148 Å². The summed E-state index contributed by atoms with van der Waals surface area (Å²) in [6.07, 6.45) is -1.05. The number of carbonyl (C=O) groups excluding carboxylic acids is 1. The molecule has 1 amide bonds. The van der Waals surface area contributed by atoms with Crippen LogP contribution in [0.4, 0.5) is 13.2 Å². The average Bonchev–Trinajstić information content (AvgIpc) is 3.63. The number of hydrogen-bond donors (Lipinski definition) is 4. The van der Waals surface area contributed by atoms with Crippen LogP contribution in [-0.4, -0.2) is 55.6 Å². The Labute approximate surface area is 269 Å². The van der Waals surface area contributed by atoms with Gasteiger partial charge in [-0.05, 0) is 43.5 Å². The first-order chi connectivity index (χ1) is 22.3. The Morgan fingerprint density at radius 1 is 0.957 bits per heavy atom. The van der Waals surface area contributed by atoms with Crippen molar-refractivity contribution in [3.63, 3.8) is 0 Å². The lowest BCUT2D eigenvalue weighted by atomic mass is 10.0. The van der Waals surface area contributed by atoms with E-state index in [0.717, 1.165) is 40.0 Å². The Balaban J connectivity index is 0.000000644. The van der Waals surface area contributed by atoms with Crippen LogP contribution in [0.5, 0.6) is 5.75 Å². The third-order valence-corrected chi connectivity index (χ3v) is 7.40. The second-order valence-electron chi connectivity index (χ2n) is 11.5. The van der Waals surface area contributed by atoms with Crippen LogP contribution in [0.15, 0.2) is 85.1 Å². The number of methoxy groups -OCH3 is 1. The van der Waals surface area contributed by atoms with Crippen LogP contribution in [0.1, 0.15) is 48.2 Å². The molecule has 2 heterocycles. The van der Waals surface area contributed by atoms with Gasteiger partial charge in [0.1, 0.15) is 11.6 Å². The number of H-pyrrole nitrogens is 1. The summed E-state index contributed by atoms with van der Waals surface area (Å²) in [5.74, 6) is -0.703. The number of fused-ring (bicyclic) bond motifs is 1. The second kappa shape index (κ2) is 14.9. The number of hydrogen-bond acceptors (Lipinski definition) is 6. The van der Waals surface area contributed by atoms with Gasteiger partial charge >= 0.3 is 12.1 Å². The highest BCUT2D eigenvalue weighted by atomic mass is 19.4. The smallest absolute Gasteiger partial charge is 0.490 e. The molecular formula is C34H37F3N6O4. The number of aryl methyl sites for hydroxylation is 2. The molecule has 0 fully saturated rings. The van der Waals surface area contributed by atoms with Crippen LogP contribution >= 0.6 is 0 Å². The molecular weight excluding hydrogens is 613 g/mol. The van der Waals surface area contributed by atoms with Crippen molar-refractivity contribution in [1.82, 2.24) is 25.1 Å². The molecule has 0 aliphatic rings. The fraction of sp³-hybridized carbons (Fsp3) is 0.294. The zero-order valence-electron chi connectivity index (χ0n) is 26.2. The number of amides is 1. The number of carboxylic acid groups (broad SMARTS) is 1. The van der Waals surface area contributed by atoms with Gasteiger partial charge in [0.15, 0.2) is 5.82 Å². The number of para-hydroxylation sites is 2. The second-order valence-corrected chi connectivity index (χ2v) is 11.5. The van der Waals surface area contributed by atoms with Gasteiger partial charge in [-0.2, -0.15) is 13.2 Å². The van der Waals surface area contributed by atoms with Gasteiger partial charge in [0.2, 0.25) is 5.91 Å². The third-order valence-electron chi connectivity index (χ3n) is 7.40. The van der Waals surface area contributed by atoms with Crippen molar-refractivity contribution in [1.29, 1.82) is 0 Å². The van der Waals surface area contributed by atoms with Gasteiger partial charge in [0, 0.05) is 35.5 Å². The maximum absolute atomic E-state index is 13.2. The number of nitrogens with zero attached hydrogens (tertiary/aromatic N) is 3. The van der Waals surface area contributed by atoms with E-state index in [0.29, 0.717) is 25.2 Å². The first kappa shape index (κ1) is 34.7. The molecule has 0 bridgehead atoms. The zero-order chi connectivity index (χ0) is 34.2. The molecule has 5 rings (SSSR count). The highest BCUT2D eigenvalue weighted by Gasteiger charge is 2.38. The molecule has 0 saturated heterocycles. The molecule has 0 aliphatic heterocycles. The van der Waals surface area contributed by atoms with Crippen molar-refractivity contribution < 1.29 is 32.6 Å². The Morgan fingerprint density at radius 2 is 1.60 bits per heavy atom. The fourth-order valence-electron chi connectivity index (χ4n) is 4.94. The molecule has 3 aromatic carbocycles. The van der Waals surface area contributed by atoms with Crippen LogP contribution in [0, 0.1) is 0 Å². The Kier molecular flexibility index (Phi) is 11.0. The molecule has 5 N–H and O–H groups in total. The number of alkyl halides is 3. The monoisotopic (exact) mass is 650 g/mol. The minimum Gasteiger partial charge on any atom is -0.496 e. The number of carboxylic acids is 1. The number of carbonyl (C=O) groups is 2. The summed E-state index contributed by atoms with van der Waals surface area (Å²) in [6, 6.07) is 26.0. The molecule has 248 valence electrons. The molecule has 5 aromatic rings. The van der Waals surface area contributed by atoms with Gasteiger partial charge in [-0.1, -0.05) is 66.7 Å². The van der Waals surface area contributed by atoms with Gasteiger partial charge in [-0.25, -0.2) is 4.79 Å². The standard InChI is InChI=1S/C32H36N6O2.C2HF3O2/c1-32(2,33)31(39)35-27(19-24-20-34-26-15-9-8-14-25(24)26)30-37-36-29(18-17-22-11-5-4-6-12-22)38(30)21-23-13-7-10-16-28(23)40-3;3-2(4,5)1(6)7/h4-16,20,27,34H,17-19,21,33H2,1-3H3,(H,35,39);(H,6,7)/t27-;/m1./s1. The number of benzene rings is 3. The number of nitrogens with two attached hydrogens (primary N) is 1. The Hall–Kier alpha value is -5.17. The predicted octanol–water partition coefficient (Wildman–Crippen LogP) is 5.37. The average molecular weight is 651 g/mol. The van der Waals surface area contributed by atoms with E-state index in [4.69, 9.17) is 20.4 Å². The van der Waals surface area contributed by atoms with Crippen LogP contribution in [-0.2, 0) is 35.4 Å². The van der Waals surface area contributed by atoms with E-state index in [2.05, 4.69) is 43.3 Å². The van der Waals surface area contributed by atoms with E-state index in [1.165, 1.54) is 5.56 Å². The predicted molar refractivity (Wildman–Crippen MR) is 171 cm³/mol. The molecule has 0 radical (unpaired) electrons. The minimum absolute atomic E-state index is 0.255. The van der Waals surface area contributed by atoms with E-state index in [1.54, 1.807) is 21.0 Å². The van der Waals surface area contributed by atoms with Crippen molar-refractivity contribution in [2.24, 2.45) is 5.73 Å². The van der Waals surface area contributed by atoms with E-state index in [9.17, 15) is 18.0 Å². The summed E-state index contributed by atoms with van der Waals surface area (Å²) in [6.45, 7) is 3.91. The number of aromatic amines is 1. The van der Waals surface area contributed by atoms with Crippen molar-refractivity contribution in [2.75, 3.05) is 7.11 Å². The van der Waals surface area contributed by atoms with Crippen LogP contribution in [0.3, 0.4) is 0 Å². The number of aliphatic carboxylic acids is 1. The normalized spacial score (nSPS) is 12.2. The zero-order valence-corrected chi connectivity index (χ0v) is 26.2. The van der Waals surface area contributed by atoms with Crippen LogP contribution in [0.25, 0.3) is 10.9 Å². The molecule has 1 atom stereocenters. The van der Waals surface area contributed by atoms with Gasteiger partial charge in [0.25, 0.3) is 0 Å². The lowest BCUT2D eigenvalue weighted by Gasteiger charge is -2.25. The molecule has 2 aromatic heterocycles. The van der Waals surface area contributed by atoms with Gasteiger partial charge < -0.3 is 30.4 Å². The fourth-order valence-corrected chi connectivity index (χ4v) is 4.94. The Bertz CT molecular complexity index is 1790. The first-order valence-electron chi connectivity index (χ1n) is 14.8. The number of ether oxygens (including phenoxy) is 1. The molecule has 13 heteroatoms. The molecule has 0 saturated carbocycles. The quantitative estimate of drug-likeness (QED) is 0.150. The summed E-state index contributed by atoms with van der Waals surface area (Å²) in [5.41, 5.74) is 9.50. The molecule has 0 aliphatic carbocycles. The number of aromatic nitrogens is 4. The summed E-state index contributed by atoms with van der Waals surface area (Å²) < 4.78 is 39.5. The molecule has 10 nitrogen and oxygen atoms in total. The van der Waals surface area contributed by atoms with Crippen molar-refractivity contribution in [3.05, 3.63) is 113 Å². The minimum atomic E-state index is -5.08. The highest BCUT2D eigenvalue weighted by Crippen LogP contribution is 2.27. The lowest BCUT2D eigenvalue weighted by molar-refractivity contribution is -0.192. The number of halogens is 3. The highest BCUT2D eigenvalue weighted by molar-refractivity contribution is 5.86. The summed E-state index contributed by atoms with van der Waals surface area (Å²) in [5, 5.41) is 20.7. The van der Waals surface area contributed by atoms with Gasteiger partial charge in [-0.3, -0.25) is 4.79 Å². The molecule has 47 heavy (non-hydrogen) atoms. The summed E-state index contributed by atoms with van der Waals surface area (Å²) in [7, 11) is 1.67. The summed E-state index contributed by atoms with van der Waals surface area (Å²) >= 11 is 0. The van der Waals surface area contributed by atoms with Crippen LogP contribution in [0.2, 0.25) is 0 Å². The Morgan fingerprint density at radius 3 is 2.26 bits per heavy atom. The van der Waals surface area contributed by atoms with Gasteiger partial charge in [0.05, 0.1) is 25.2 Å².